The second-order valence-corrected chi connectivity index (χ2v) is 3.89. The molecule has 0 radical (unpaired) electrons. The summed E-state index contributed by atoms with van der Waals surface area (Å²) in [6.07, 6.45) is 0. The first kappa shape index (κ1) is 16.6. The first-order valence-corrected chi connectivity index (χ1v) is 5.10. The summed E-state index contributed by atoms with van der Waals surface area (Å²) in [6.45, 7) is 3.16. The van der Waals surface area contributed by atoms with Gasteiger partial charge in [-0.15, -0.1) is 24.8 Å². The Morgan fingerprint density at radius 1 is 1.36 bits per heavy atom. The molecule has 0 saturated heterocycles. The van der Waals surface area contributed by atoms with Crippen molar-refractivity contribution in [2.45, 2.75) is 6.54 Å². The molecule has 1 aromatic rings. The van der Waals surface area contributed by atoms with Crippen molar-refractivity contribution in [3.8, 4) is 0 Å². The molecule has 1 heterocycles. The van der Waals surface area contributed by atoms with Crippen LogP contribution in [0.5, 0.6) is 0 Å². The minimum absolute atomic E-state index is 0. The van der Waals surface area contributed by atoms with Crippen LogP contribution in [-0.4, -0.2) is 32.1 Å². The molecule has 0 aliphatic rings. The largest absolute Gasteiger partial charge is 0.311 e. The summed E-state index contributed by atoms with van der Waals surface area (Å²) in [5.74, 6) is 0. The van der Waals surface area contributed by atoms with Crippen molar-refractivity contribution in [3.63, 3.8) is 0 Å². The van der Waals surface area contributed by atoms with E-state index in [1.807, 2.05) is 0 Å². The molecule has 0 spiro atoms. The molecule has 0 atom stereocenters. The van der Waals surface area contributed by atoms with Gasteiger partial charge in [-0.2, -0.15) is 11.3 Å². The molecule has 1 rings (SSSR count). The summed E-state index contributed by atoms with van der Waals surface area (Å²) < 4.78 is 0. The van der Waals surface area contributed by atoms with E-state index in [0.29, 0.717) is 0 Å². The van der Waals surface area contributed by atoms with E-state index in [1.165, 1.54) is 5.56 Å². The van der Waals surface area contributed by atoms with Crippen molar-refractivity contribution in [1.82, 2.24) is 10.2 Å². The second-order valence-electron chi connectivity index (χ2n) is 3.11. The summed E-state index contributed by atoms with van der Waals surface area (Å²) in [4.78, 5) is 2.18. The Hall–Kier alpha value is 0.200. The minimum Gasteiger partial charge on any atom is -0.311 e. The van der Waals surface area contributed by atoms with Crippen LogP contribution in [0, 0.1) is 0 Å². The molecule has 1 aromatic heterocycles. The van der Waals surface area contributed by atoms with Crippen molar-refractivity contribution in [2.24, 2.45) is 0 Å². The van der Waals surface area contributed by atoms with E-state index in [1.54, 1.807) is 11.3 Å². The lowest BCUT2D eigenvalue weighted by atomic mass is 10.3. The quantitative estimate of drug-likeness (QED) is 0.814. The minimum atomic E-state index is 0. The van der Waals surface area contributed by atoms with Gasteiger partial charge in [0.2, 0.25) is 0 Å². The number of hydrogen-bond acceptors (Lipinski definition) is 3. The Bertz CT molecular complexity index is 203. The van der Waals surface area contributed by atoms with Crippen molar-refractivity contribution < 1.29 is 0 Å². The van der Waals surface area contributed by atoms with Crippen LogP contribution in [0.2, 0.25) is 0 Å². The lowest BCUT2D eigenvalue weighted by molar-refractivity contribution is 0.400. The number of likely N-dealkylation sites (N-methyl/N-ethyl adjacent to an activating group) is 1. The molecule has 0 bridgehead atoms. The van der Waals surface area contributed by atoms with Crippen LogP contribution in [0.3, 0.4) is 0 Å². The highest BCUT2D eigenvalue weighted by molar-refractivity contribution is 7.07. The summed E-state index contributed by atoms with van der Waals surface area (Å²) in [5, 5.41) is 7.68. The molecule has 0 aromatic carbocycles. The van der Waals surface area contributed by atoms with Crippen molar-refractivity contribution in [1.29, 1.82) is 0 Å². The second kappa shape index (κ2) is 9.74. The fourth-order valence-electron chi connectivity index (χ4n) is 0.929. The number of halogens is 2. The van der Waals surface area contributed by atoms with E-state index in [0.717, 1.165) is 19.6 Å². The first-order chi connectivity index (χ1) is 5.79. The van der Waals surface area contributed by atoms with Crippen molar-refractivity contribution in [2.75, 3.05) is 27.2 Å². The number of rotatable bonds is 5. The van der Waals surface area contributed by atoms with Gasteiger partial charge in [0.1, 0.15) is 0 Å². The summed E-state index contributed by atoms with van der Waals surface area (Å²) in [5.41, 5.74) is 1.39. The number of nitrogens with one attached hydrogen (secondary N) is 1. The fourth-order valence-corrected chi connectivity index (χ4v) is 1.60. The van der Waals surface area contributed by atoms with Gasteiger partial charge in [-0.3, -0.25) is 0 Å². The van der Waals surface area contributed by atoms with Gasteiger partial charge < -0.3 is 10.2 Å². The van der Waals surface area contributed by atoms with Gasteiger partial charge in [0, 0.05) is 19.6 Å². The molecule has 0 aliphatic heterocycles. The molecule has 5 heteroatoms. The number of nitrogens with zero attached hydrogens (tertiary/aromatic N) is 1. The summed E-state index contributed by atoms with van der Waals surface area (Å²) in [7, 11) is 4.18. The molecule has 0 aliphatic carbocycles. The van der Waals surface area contributed by atoms with E-state index in [9.17, 15) is 0 Å². The monoisotopic (exact) mass is 256 g/mol. The molecule has 0 amide bonds. The zero-order valence-corrected chi connectivity index (χ0v) is 11.0. The lowest BCUT2D eigenvalue weighted by Gasteiger charge is -2.09. The van der Waals surface area contributed by atoms with E-state index >= 15 is 0 Å². The molecule has 0 saturated carbocycles. The van der Waals surface area contributed by atoms with E-state index < -0.39 is 0 Å². The zero-order valence-electron chi connectivity index (χ0n) is 8.53. The van der Waals surface area contributed by atoms with Crippen LogP contribution in [0.4, 0.5) is 0 Å². The van der Waals surface area contributed by atoms with Gasteiger partial charge in [-0.1, -0.05) is 0 Å². The van der Waals surface area contributed by atoms with Gasteiger partial charge in [0.05, 0.1) is 0 Å². The van der Waals surface area contributed by atoms with Gasteiger partial charge in [0.25, 0.3) is 0 Å². The van der Waals surface area contributed by atoms with Gasteiger partial charge in [0.15, 0.2) is 0 Å². The van der Waals surface area contributed by atoms with Crippen LogP contribution in [-0.2, 0) is 6.54 Å². The fraction of sp³-hybridized carbons (Fsp3) is 0.556. The third-order valence-corrected chi connectivity index (χ3v) is 2.38. The van der Waals surface area contributed by atoms with Gasteiger partial charge in [-0.25, -0.2) is 0 Å². The molecule has 2 nitrogen and oxygen atoms in total. The van der Waals surface area contributed by atoms with Crippen LogP contribution in [0.15, 0.2) is 16.8 Å². The predicted octanol–water partition coefficient (Wildman–Crippen LogP) is 2.24. The highest BCUT2D eigenvalue weighted by Crippen LogP contribution is 2.04. The van der Waals surface area contributed by atoms with Gasteiger partial charge >= 0.3 is 0 Å². The highest BCUT2D eigenvalue weighted by Gasteiger charge is 1.92. The molecule has 14 heavy (non-hydrogen) atoms. The molecule has 0 unspecified atom stereocenters. The third kappa shape index (κ3) is 7.59. The zero-order chi connectivity index (χ0) is 8.81. The van der Waals surface area contributed by atoms with E-state index in [2.05, 4.69) is 41.1 Å². The van der Waals surface area contributed by atoms with E-state index in [4.69, 9.17) is 0 Å². The molecular formula is C9H18Cl2N2S. The SMILES string of the molecule is CN(C)CCNCc1ccsc1.Cl.Cl. The Morgan fingerprint density at radius 2 is 2.07 bits per heavy atom. The molecular weight excluding hydrogens is 239 g/mol. The van der Waals surface area contributed by atoms with Crippen LogP contribution in [0.1, 0.15) is 5.56 Å². The normalized spacial score (nSPS) is 9.36. The highest BCUT2D eigenvalue weighted by atomic mass is 35.5. The maximum absolute atomic E-state index is 3.38. The Kier molecular flexibility index (Phi) is 11.6. The van der Waals surface area contributed by atoms with Gasteiger partial charge in [-0.05, 0) is 36.5 Å². The Labute approximate surface area is 103 Å². The Morgan fingerprint density at radius 3 is 2.57 bits per heavy atom. The number of hydrogen-bond donors (Lipinski definition) is 1. The van der Waals surface area contributed by atoms with Crippen molar-refractivity contribution in [3.05, 3.63) is 22.4 Å². The summed E-state index contributed by atoms with van der Waals surface area (Å²) >= 11 is 1.75. The average Bonchev–Trinajstić information content (AvgIpc) is 2.49. The maximum atomic E-state index is 3.38. The van der Waals surface area contributed by atoms with Crippen LogP contribution >= 0.6 is 36.2 Å². The smallest absolute Gasteiger partial charge is 0.0214 e. The molecule has 84 valence electrons. The van der Waals surface area contributed by atoms with Crippen LogP contribution in [0.25, 0.3) is 0 Å². The maximum Gasteiger partial charge on any atom is 0.0214 e. The van der Waals surface area contributed by atoms with Crippen molar-refractivity contribution >= 4 is 36.2 Å². The third-order valence-electron chi connectivity index (χ3n) is 1.65. The molecule has 0 fully saturated rings. The molecule has 1 N–H and O–H groups in total. The lowest BCUT2D eigenvalue weighted by Crippen LogP contribution is -2.25. The van der Waals surface area contributed by atoms with Crippen LogP contribution < -0.4 is 5.32 Å². The predicted molar refractivity (Wildman–Crippen MR) is 69.1 cm³/mol. The average molecular weight is 257 g/mol. The first-order valence-electron chi connectivity index (χ1n) is 4.15. The van der Waals surface area contributed by atoms with E-state index in [-0.39, 0.29) is 24.8 Å². The number of thiophene rings is 1. The Balaban J connectivity index is 0. The standard InChI is InChI=1S/C9H16N2S.2ClH/c1-11(2)5-4-10-7-9-3-6-12-8-9;;/h3,6,8,10H,4-5,7H2,1-2H3;2*1H. The topological polar surface area (TPSA) is 15.3 Å². The summed E-state index contributed by atoms with van der Waals surface area (Å²) in [6, 6.07) is 2.16.